The standard InChI is InChI=1S/C19H21ClN2O3S/c1-13-4-2-3-5-16(13)14-8-10-22(11-9-14)19(23)15-6-7-18(17(20)12-15)26(21,24)25/h2-7,12,14H,8-11H2,1H3,(H2,21,24,25). The maximum Gasteiger partial charge on any atom is 0.253 e. The molecule has 0 spiro atoms. The summed E-state index contributed by atoms with van der Waals surface area (Å²) >= 11 is 5.99. The highest BCUT2D eigenvalue weighted by Crippen LogP contribution is 2.31. The Kier molecular flexibility index (Phi) is 5.37. The summed E-state index contributed by atoms with van der Waals surface area (Å²) in [5.74, 6) is 0.310. The summed E-state index contributed by atoms with van der Waals surface area (Å²) in [6, 6.07) is 12.5. The largest absolute Gasteiger partial charge is 0.339 e. The molecule has 1 amide bonds. The number of hydrogen-bond donors (Lipinski definition) is 1. The average molecular weight is 393 g/mol. The molecule has 2 aromatic rings. The van der Waals surface area contributed by atoms with Gasteiger partial charge < -0.3 is 4.90 Å². The SMILES string of the molecule is Cc1ccccc1C1CCN(C(=O)c2ccc(S(N)(=O)=O)c(Cl)c2)CC1. The molecule has 1 aliphatic rings. The van der Waals surface area contributed by atoms with Crippen molar-refractivity contribution < 1.29 is 13.2 Å². The van der Waals surface area contributed by atoms with Crippen molar-refractivity contribution in [3.05, 3.63) is 64.2 Å². The van der Waals surface area contributed by atoms with Crippen LogP contribution in [-0.4, -0.2) is 32.3 Å². The molecule has 26 heavy (non-hydrogen) atoms. The van der Waals surface area contributed by atoms with E-state index in [0.717, 1.165) is 12.8 Å². The molecular weight excluding hydrogens is 372 g/mol. The van der Waals surface area contributed by atoms with Gasteiger partial charge in [-0.25, -0.2) is 13.6 Å². The lowest BCUT2D eigenvalue weighted by Crippen LogP contribution is -2.38. The number of amides is 1. The number of primary sulfonamides is 1. The summed E-state index contributed by atoms with van der Waals surface area (Å²) < 4.78 is 22.9. The molecule has 1 fully saturated rings. The lowest BCUT2D eigenvalue weighted by atomic mass is 9.87. The Morgan fingerprint density at radius 3 is 2.38 bits per heavy atom. The molecule has 0 aromatic heterocycles. The lowest BCUT2D eigenvalue weighted by molar-refractivity contribution is 0.0713. The van der Waals surface area contributed by atoms with E-state index in [-0.39, 0.29) is 15.8 Å². The van der Waals surface area contributed by atoms with Crippen LogP contribution in [0.2, 0.25) is 5.02 Å². The first-order chi connectivity index (χ1) is 12.3. The Bertz CT molecular complexity index is 936. The predicted molar refractivity (Wildman–Crippen MR) is 102 cm³/mol. The van der Waals surface area contributed by atoms with Gasteiger partial charge in [-0.15, -0.1) is 0 Å². The molecule has 1 heterocycles. The molecule has 0 atom stereocenters. The molecular formula is C19H21ClN2O3S. The minimum Gasteiger partial charge on any atom is -0.339 e. The van der Waals surface area contributed by atoms with E-state index in [1.54, 1.807) is 4.90 Å². The third kappa shape index (κ3) is 3.92. The second kappa shape index (κ2) is 7.39. The molecule has 138 valence electrons. The van der Waals surface area contributed by atoms with E-state index in [9.17, 15) is 13.2 Å². The first-order valence-corrected chi connectivity index (χ1v) is 10.4. The van der Waals surface area contributed by atoms with Crippen molar-refractivity contribution in [1.82, 2.24) is 4.90 Å². The lowest BCUT2D eigenvalue weighted by Gasteiger charge is -2.33. The smallest absolute Gasteiger partial charge is 0.253 e. The Morgan fingerprint density at radius 2 is 1.81 bits per heavy atom. The fourth-order valence-corrected chi connectivity index (χ4v) is 4.58. The van der Waals surface area contributed by atoms with Crippen LogP contribution in [0.1, 0.15) is 40.2 Å². The summed E-state index contributed by atoms with van der Waals surface area (Å²) in [6.45, 7) is 3.43. The summed E-state index contributed by atoms with van der Waals surface area (Å²) in [4.78, 5) is 14.3. The Balaban J connectivity index is 1.71. The predicted octanol–water partition coefficient (Wildman–Crippen LogP) is 3.32. The van der Waals surface area contributed by atoms with Crippen LogP contribution >= 0.6 is 11.6 Å². The van der Waals surface area contributed by atoms with Crippen molar-refractivity contribution in [2.75, 3.05) is 13.1 Å². The van der Waals surface area contributed by atoms with Crippen molar-refractivity contribution in [3.63, 3.8) is 0 Å². The zero-order valence-electron chi connectivity index (χ0n) is 14.5. The fraction of sp³-hybridized carbons (Fsp3) is 0.316. The normalized spacial score (nSPS) is 15.9. The van der Waals surface area contributed by atoms with Gasteiger partial charge in [-0.2, -0.15) is 0 Å². The van der Waals surface area contributed by atoms with Gasteiger partial charge in [0.25, 0.3) is 5.91 Å². The maximum absolute atomic E-state index is 12.7. The second-order valence-corrected chi connectivity index (χ2v) is 8.55. The van der Waals surface area contributed by atoms with E-state index in [1.807, 2.05) is 6.07 Å². The highest BCUT2D eigenvalue weighted by molar-refractivity contribution is 7.89. The van der Waals surface area contributed by atoms with E-state index in [0.29, 0.717) is 24.6 Å². The third-order valence-corrected chi connectivity index (χ3v) is 6.29. The number of carbonyl (C=O) groups is 1. The molecule has 1 aliphatic heterocycles. The number of hydrogen-bond acceptors (Lipinski definition) is 3. The zero-order valence-corrected chi connectivity index (χ0v) is 16.1. The van der Waals surface area contributed by atoms with E-state index in [4.69, 9.17) is 16.7 Å². The van der Waals surface area contributed by atoms with Crippen LogP contribution < -0.4 is 5.14 Å². The number of carbonyl (C=O) groups excluding carboxylic acids is 1. The molecule has 1 saturated heterocycles. The molecule has 7 heteroatoms. The van der Waals surface area contributed by atoms with Crippen LogP contribution in [0.3, 0.4) is 0 Å². The maximum atomic E-state index is 12.7. The van der Waals surface area contributed by atoms with Crippen molar-refractivity contribution in [2.24, 2.45) is 5.14 Å². The number of nitrogens with two attached hydrogens (primary N) is 1. The Labute approximate surface area is 158 Å². The minimum absolute atomic E-state index is 0.0341. The molecule has 2 N–H and O–H groups in total. The van der Waals surface area contributed by atoms with Gasteiger partial charge in [0.05, 0.1) is 5.02 Å². The average Bonchev–Trinajstić information content (AvgIpc) is 2.60. The number of benzene rings is 2. The number of likely N-dealkylation sites (tertiary alicyclic amines) is 1. The van der Waals surface area contributed by atoms with E-state index >= 15 is 0 Å². The highest BCUT2D eigenvalue weighted by atomic mass is 35.5. The summed E-state index contributed by atoms with van der Waals surface area (Å²) in [7, 11) is -3.90. The fourth-order valence-electron chi connectivity index (χ4n) is 3.49. The number of halogens is 1. The minimum atomic E-state index is -3.90. The van der Waals surface area contributed by atoms with Gasteiger partial charge in [0.2, 0.25) is 10.0 Å². The van der Waals surface area contributed by atoms with Crippen LogP contribution in [-0.2, 0) is 10.0 Å². The van der Waals surface area contributed by atoms with Crippen LogP contribution in [0, 0.1) is 6.92 Å². The van der Waals surface area contributed by atoms with Crippen LogP contribution in [0.25, 0.3) is 0 Å². The quantitative estimate of drug-likeness (QED) is 0.869. The molecule has 0 unspecified atom stereocenters. The zero-order chi connectivity index (χ0) is 18.9. The molecule has 0 aliphatic carbocycles. The Hall–Kier alpha value is -1.89. The van der Waals surface area contributed by atoms with E-state index in [2.05, 4.69) is 25.1 Å². The summed E-state index contributed by atoms with van der Waals surface area (Å²) in [6.07, 6.45) is 1.80. The van der Waals surface area contributed by atoms with Gasteiger partial charge in [0.1, 0.15) is 4.90 Å². The van der Waals surface area contributed by atoms with E-state index < -0.39 is 10.0 Å². The van der Waals surface area contributed by atoms with Crippen LogP contribution in [0.5, 0.6) is 0 Å². The van der Waals surface area contributed by atoms with Gasteiger partial charge in [0.15, 0.2) is 0 Å². The number of nitrogens with zero attached hydrogens (tertiary/aromatic N) is 1. The Morgan fingerprint density at radius 1 is 1.15 bits per heavy atom. The summed E-state index contributed by atoms with van der Waals surface area (Å²) in [5, 5.41) is 5.07. The monoisotopic (exact) mass is 392 g/mol. The molecule has 0 saturated carbocycles. The molecule has 5 nitrogen and oxygen atoms in total. The van der Waals surface area contributed by atoms with Crippen molar-refractivity contribution in [3.8, 4) is 0 Å². The van der Waals surface area contributed by atoms with Gasteiger partial charge in [-0.1, -0.05) is 35.9 Å². The van der Waals surface area contributed by atoms with Crippen molar-refractivity contribution >= 4 is 27.5 Å². The third-order valence-electron chi connectivity index (χ3n) is 4.90. The highest BCUT2D eigenvalue weighted by Gasteiger charge is 2.26. The summed E-state index contributed by atoms with van der Waals surface area (Å²) in [5.41, 5.74) is 3.00. The van der Waals surface area contributed by atoms with Gasteiger partial charge >= 0.3 is 0 Å². The number of rotatable bonds is 3. The molecule has 0 radical (unpaired) electrons. The first kappa shape index (κ1) is 18.9. The number of sulfonamides is 1. The van der Waals surface area contributed by atoms with Crippen LogP contribution in [0.15, 0.2) is 47.4 Å². The number of piperidine rings is 1. The van der Waals surface area contributed by atoms with Gasteiger partial charge in [-0.3, -0.25) is 4.79 Å². The number of aryl methyl sites for hydroxylation is 1. The van der Waals surface area contributed by atoms with Crippen molar-refractivity contribution in [1.29, 1.82) is 0 Å². The topological polar surface area (TPSA) is 80.5 Å². The molecule has 3 rings (SSSR count). The van der Waals surface area contributed by atoms with Gasteiger partial charge in [-0.05, 0) is 55.0 Å². The molecule has 0 bridgehead atoms. The van der Waals surface area contributed by atoms with Crippen LogP contribution in [0.4, 0.5) is 0 Å². The second-order valence-electron chi connectivity index (χ2n) is 6.61. The first-order valence-electron chi connectivity index (χ1n) is 8.44. The van der Waals surface area contributed by atoms with Gasteiger partial charge in [0, 0.05) is 18.7 Å². The van der Waals surface area contributed by atoms with E-state index in [1.165, 1.54) is 29.3 Å². The van der Waals surface area contributed by atoms with Crippen molar-refractivity contribution in [2.45, 2.75) is 30.6 Å². The molecule has 2 aromatic carbocycles.